The molecular formula is C26H31FN4O5. The normalized spacial score (nSPS) is 21.0. The summed E-state index contributed by atoms with van der Waals surface area (Å²) in [6.07, 6.45) is 2.39. The quantitative estimate of drug-likeness (QED) is 0.608. The molecule has 0 bridgehead atoms. The highest BCUT2D eigenvalue weighted by Crippen LogP contribution is 2.32. The van der Waals surface area contributed by atoms with Crippen LogP contribution in [-0.4, -0.2) is 70.9 Å². The smallest absolute Gasteiger partial charge is 0.256 e. The first-order valence-electron chi connectivity index (χ1n) is 12.5. The molecule has 0 saturated carbocycles. The Balaban J connectivity index is 1.21. The molecule has 0 aliphatic carbocycles. The van der Waals surface area contributed by atoms with Crippen LogP contribution in [0.2, 0.25) is 0 Å². The fraction of sp³-hybridized carbons (Fsp3) is 0.538. The number of benzene rings is 1. The van der Waals surface area contributed by atoms with Gasteiger partial charge < -0.3 is 19.4 Å². The van der Waals surface area contributed by atoms with E-state index in [1.165, 1.54) is 13.2 Å². The maximum absolute atomic E-state index is 14.5. The van der Waals surface area contributed by atoms with Gasteiger partial charge in [0.05, 0.1) is 49.7 Å². The fourth-order valence-electron chi connectivity index (χ4n) is 5.60. The number of likely N-dealkylation sites (tertiary alicyclic amines) is 2. The van der Waals surface area contributed by atoms with Crippen LogP contribution in [-0.2, 0) is 29.1 Å². The predicted molar refractivity (Wildman–Crippen MR) is 128 cm³/mol. The van der Waals surface area contributed by atoms with E-state index in [2.05, 4.69) is 14.9 Å². The Morgan fingerprint density at radius 3 is 2.75 bits per heavy atom. The number of amides is 1. The molecule has 2 saturated heterocycles. The van der Waals surface area contributed by atoms with Crippen LogP contribution in [0.15, 0.2) is 16.9 Å². The second kappa shape index (κ2) is 10.1. The van der Waals surface area contributed by atoms with E-state index in [0.717, 1.165) is 11.3 Å². The van der Waals surface area contributed by atoms with Gasteiger partial charge in [-0.25, -0.2) is 9.37 Å². The third-order valence-corrected chi connectivity index (χ3v) is 7.58. The molecule has 1 atom stereocenters. The summed E-state index contributed by atoms with van der Waals surface area (Å²) in [5.74, 6) is -0.311. The summed E-state index contributed by atoms with van der Waals surface area (Å²) in [7, 11) is 1.45. The third kappa shape index (κ3) is 4.55. The first-order chi connectivity index (χ1) is 17.4. The summed E-state index contributed by atoms with van der Waals surface area (Å²) in [5.41, 5.74) is 1.86. The van der Waals surface area contributed by atoms with Crippen LogP contribution in [0.1, 0.15) is 52.3 Å². The van der Waals surface area contributed by atoms with Gasteiger partial charge in [0, 0.05) is 18.9 Å². The van der Waals surface area contributed by atoms with Gasteiger partial charge in [0.15, 0.2) is 5.78 Å². The largest absolute Gasteiger partial charge is 0.496 e. The first kappa shape index (κ1) is 24.6. The number of H-pyrrole nitrogens is 1. The zero-order valence-corrected chi connectivity index (χ0v) is 20.6. The van der Waals surface area contributed by atoms with Crippen LogP contribution in [0.5, 0.6) is 5.75 Å². The number of ether oxygens (including phenoxy) is 2. The number of aromatic nitrogens is 2. The number of carbonyl (C=O) groups excluding carboxylic acids is 2. The molecule has 0 radical (unpaired) electrons. The third-order valence-electron chi connectivity index (χ3n) is 7.58. The number of fused-ring (bicyclic) bond motifs is 1. The molecule has 2 fully saturated rings. The minimum absolute atomic E-state index is 0.00915. The van der Waals surface area contributed by atoms with E-state index in [1.54, 1.807) is 17.9 Å². The number of hydrogen-bond acceptors (Lipinski definition) is 7. The average molecular weight is 499 g/mol. The van der Waals surface area contributed by atoms with E-state index < -0.39 is 5.82 Å². The number of halogens is 1. The highest BCUT2D eigenvalue weighted by Gasteiger charge is 2.39. The second-order valence-corrected chi connectivity index (χ2v) is 9.75. The Hall–Kier alpha value is -3.11. The summed E-state index contributed by atoms with van der Waals surface area (Å²) >= 11 is 0. The van der Waals surface area contributed by atoms with Gasteiger partial charge in [-0.05, 0) is 50.9 Å². The van der Waals surface area contributed by atoms with Crippen molar-refractivity contribution in [1.29, 1.82) is 0 Å². The van der Waals surface area contributed by atoms with Gasteiger partial charge in [-0.3, -0.25) is 19.3 Å². The van der Waals surface area contributed by atoms with E-state index in [9.17, 15) is 18.8 Å². The molecule has 3 aliphatic heterocycles. The number of hydrogen-bond donors (Lipinski definition) is 1. The van der Waals surface area contributed by atoms with Gasteiger partial charge in [0.1, 0.15) is 17.4 Å². The maximum atomic E-state index is 14.5. The number of aryl methyl sites for hydroxylation is 1. The minimum Gasteiger partial charge on any atom is -0.496 e. The number of ketones is 1. The monoisotopic (exact) mass is 498 g/mol. The van der Waals surface area contributed by atoms with Crippen molar-refractivity contribution in [1.82, 2.24) is 19.8 Å². The molecule has 9 nitrogen and oxygen atoms in total. The van der Waals surface area contributed by atoms with E-state index in [1.807, 2.05) is 0 Å². The molecule has 1 unspecified atom stereocenters. The van der Waals surface area contributed by atoms with Gasteiger partial charge in [-0.15, -0.1) is 0 Å². The summed E-state index contributed by atoms with van der Waals surface area (Å²) in [6.45, 7) is 4.62. The molecule has 1 amide bonds. The minimum atomic E-state index is -0.562. The van der Waals surface area contributed by atoms with Gasteiger partial charge >= 0.3 is 0 Å². The highest BCUT2D eigenvalue weighted by molar-refractivity contribution is 6.01. The van der Waals surface area contributed by atoms with Crippen LogP contribution in [0.25, 0.3) is 0 Å². The van der Waals surface area contributed by atoms with Crippen LogP contribution in [0.3, 0.4) is 0 Å². The van der Waals surface area contributed by atoms with Crippen molar-refractivity contribution in [3.8, 4) is 5.75 Å². The molecule has 5 rings (SSSR count). The molecule has 2 aromatic rings. The molecule has 4 heterocycles. The molecule has 0 spiro atoms. The number of piperidine rings is 1. The average Bonchev–Trinajstić information content (AvgIpc) is 3.24. The molecule has 10 heteroatoms. The Morgan fingerprint density at radius 2 is 2.00 bits per heavy atom. The number of Topliss-reactive ketones (excluding diaryl/α,β-unsaturated/α-hetero) is 1. The standard InChI is InChI=1S/C26H31FN4O5/c1-15-3-4-18(27)22(24(15)35-2)23(32)16-5-9-30(10-6-16)20-7-11-31(26(20)34)13-21-28-19-8-12-36-14-17(19)25(33)29-21/h3-4,16,20H,5-14H2,1-2H3,(H,28,29,33). The van der Waals surface area contributed by atoms with E-state index in [0.29, 0.717) is 69.1 Å². The van der Waals surface area contributed by atoms with Crippen molar-refractivity contribution in [3.05, 3.63) is 56.5 Å². The molecule has 192 valence electrons. The lowest BCUT2D eigenvalue weighted by Crippen LogP contribution is -2.46. The van der Waals surface area contributed by atoms with Crippen LogP contribution in [0, 0.1) is 18.7 Å². The number of nitrogens with zero attached hydrogens (tertiary/aromatic N) is 3. The lowest BCUT2D eigenvalue weighted by Gasteiger charge is -2.34. The maximum Gasteiger partial charge on any atom is 0.256 e. The number of aromatic amines is 1. The topological polar surface area (TPSA) is 105 Å². The number of carbonyl (C=O) groups is 2. The Kier molecular flexibility index (Phi) is 6.90. The van der Waals surface area contributed by atoms with Gasteiger partial charge in [0.2, 0.25) is 5.91 Å². The molecule has 1 aromatic carbocycles. The van der Waals surface area contributed by atoms with E-state index in [4.69, 9.17) is 9.47 Å². The number of methoxy groups -OCH3 is 1. The predicted octanol–water partition coefficient (Wildman–Crippen LogP) is 1.99. The molecule has 36 heavy (non-hydrogen) atoms. The van der Waals surface area contributed by atoms with Gasteiger partial charge in [-0.2, -0.15) is 0 Å². The van der Waals surface area contributed by atoms with Crippen LogP contribution in [0.4, 0.5) is 4.39 Å². The fourth-order valence-corrected chi connectivity index (χ4v) is 5.60. The number of nitrogens with one attached hydrogen (secondary N) is 1. The van der Waals surface area contributed by atoms with Crippen molar-refractivity contribution in [2.75, 3.05) is 33.4 Å². The Labute approximate surface area is 208 Å². The van der Waals surface area contributed by atoms with Crippen molar-refractivity contribution in [2.45, 2.75) is 51.8 Å². The van der Waals surface area contributed by atoms with Crippen LogP contribution < -0.4 is 10.3 Å². The van der Waals surface area contributed by atoms with E-state index in [-0.39, 0.29) is 47.9 Å². The van der Waals surface area contributed by atoms with Gasteiger partial charge in [-0.1, -0.05) is 6.07 Å². The van der Waals surface area contributed by atoms with Crippen molar-refractivity contribution in [2.24, 2.45) is 5.92 Å². The lowest BCUT2D eigenvalue weighted by atomic mass is 9.87. The van der Waals surface area contributed by atoms with Crippen molar-refractivity contribution < 1.29 is 23.5 Å². The van der Waals surface area contributed by atoms with E-state index >= 15 is 0 Å². The van der Waals surface area contributed by atoms with Crippen molar-refractivity contribution in [3.63, 3.8) is 0 Å². The molecular weight excluding hydrogens is 467 g/mol. The summed E-state index contributed by atoms with van der Waals surface area (Å²) < 4.78 is 25.2. The van der Waals surface area contributed by atoms with Gasteiger partial charge in [0.25, 0.3) is 5.56 Å². The Bertz CT molecular complexity index is 1240. The zero-order valence-electron chi connectivity index (χ0n) is 20.6. The Morgan fingerprint density at radius 1 is 1.22 bits per heavy atom. The number of rotatable bonds is 6. The molecule has 1 aromatic heterocycles. The lowest BCUT2D eigenvalue weighted by molar-refractivity contribution is -0.133. The summed E-state index contributed by atoms with van der Waals surface area (Å²) in [6, 6.07) is 2.66. The highest BCUT2D eigenvalue weighted by atomic mass is 19.1. The second-order valence-electron chi connectivity index (χ2n) is 9.75. The summed E-state index contributed by atoms with van der Waals surface area (Å²) in [4.78, 5) is 50.0. The SMILES string of the molecule is COc1c(C)ccc(F)c1C(=O)C1CCN(C2CCN(Cc3nc4c(c(=O)[nH]3)COCC4)C2=O)CC1. The summed E-state index contributed by atoms with van der Waals surface area (Å²) in [5, 5.41) is 0. The molecule has 3 aliphatic rings. The van der Waals surface area contributed by atoms with Crippen molar-refractivity contribution >= 4 is 11.7 Å². The van der Waals surface area contributed by atoms with Crippen LogP contribution >= 0.6 is 0 Å². The first-order valence-corrected chi connectivity index (χ1v) is 12.5. The zero-order chi connectivity index (χ0) is 25.4. The molecule has 1 N–H and O–H groups in total.